The van der Waals surface area contributed by atoms with Gasteiger partial charge in [-0.1, -0.05) is 12.1 Å². The Morgan fingerprint density at radius 2 is 1.75 bits per heavy atom. The van der Waals surface area contributed by atoms with Gasteiger partial charge in [0.2, 0.25) is 0 Å². The summed E-state index contributed by atoms with van der Waals surface area (Å²) < 4.78 is 7.35. The second-order valence-corrected chi connectivity index (χ2v) is 7.13. The van der Waals surface area contributed by atoms with Crippen LogP contribution in [0.2, 0.25) is 0 Å². The van der Waals surface area contributed by atoms with Crippen molar-refractivity contribution in [1.82, 2.24) is 15.2 Å². The average Bonchev–Trinajstić information content (AvgIpc) is 3.30. The normalized spacial score (nSPS) is 18.9. The number of carbonyl (C=O) groups is 2. The number of aryl methyl sites for hydroxylation is 1. The fourth-order valence-electron chi connectivity index (χ4n) is 3.67. The van der Waals surface area contributed by atoms with E-state index in [9.17, 15) is 14.4 Å². The van der Waals surface area contributed by atoms with Gasteiger partial charge in [-0.3, -0.25) is 14.4 Å². The number of carbonyl (C=O) groups excluding carboxylic acids is 2. The van der Waals surface area contributed by atoms with Crippen LogP contribution in [0.3, 0.4) is 0 Å². The molecule has 2 atom stereocenters. The third-order valence-electron chi connectivity index (χ3n) is 5.14. The second-order valence-electron chi connectivity index (χ2n) is 7.13. The fourth-order valence-corrected chi connectivity index (χ4v) is 3.67. The monoisotopic (exact) mass is 379 g/mol. The number of fused-ring (bicyclic) bond motifs is 1. The van der Waals surface area contributed by atoms with E-state index in [4.69, 9.17) is 4.42 Å². The second kappa shape index (κ2) is 7.34. The number of nitrogens with zero attached hydrogens (tertiary/aromatic N) is 1. The summed E-state index contributed by atoms with van der Waals surface area (Å²) in [5, 5.41) is 6.37. The summed E-state index contributed by atoms with van der Waals surface area (Å²) in [6.45, 7) is 0. The predicted octanol–water partition coefficient (Wildman–Crippen LogP) is 2.21. The molecule has 7 heteroatoms. The summed E-state index contributed by atoms with van der Waals surface area (Å²) in [5.41, 5.74) is 0.746. The minimum atomic E-state index is -0.415. The molecule has 4 rings (SSSR count). The molecule has 0 spiro atoms. The summed E-state index contributed by atoms with van der Waals surface area (Å²) in [7, 11) is 1.82. The lowest BCUT2D eigenvalue weighted by Crippen LogP contribution is -2.37. The number of rotatable bonds is 4. The molecule has 1 saturated carbocycles. The van der Waals surface area contributed by atoms with Gasteiger partial charge in [-0.05, 0) is 43.5 Å². The lowest BCUT2D eigenvalue weighted by Gasteiger charge is -2.15. The van der Waals surface area contributed by atoms with Crippen molar-refractivity contribution in [3.63, 3.8) is 0 Å². The lowest BCUT2D eigenvalue weighted by molar-refractivity contribution is 0.0910. The highest BCUT2D eigenvalue weighted by atomic mass is 16.3. The van der Waals surface area contributed by atoms with Crippen LogP contribution in [0.4, 0.5) is 0 Å². The van der Waals surface area contributed by atoms with Gasteiger partial charge < -0.3 is 19.6 Å². The Labute approximate surface area is 161 Å². The topological polar surface area (TPSA) is 93.3 Å². The van der Waals surface area contributed by atoms with Crippen molar-refractivity contribution in [2.24, 2.45) is 7.05 Å². The number of amides is 2. The molecular weight excluding hydrogens is 358 g/mol. The molecule has 2 aromatic heterocycles. The quantitative estimate of drug-likeness (QED) is 0.727. The van der Waals surface area contributed by atoms with Crippen molar-refractivity contribution in [1.29, 1.82) is 0 Å². The van der Waals surface area contributed by atoms with Gasteiger partial charge in [0.15, 0.2) is 11.2 Å². The first-order valence-electron chi connectivity index (χ1n) is 9.27. The van der Waals surface area contributed by atoms with E-state index in [2.05, 4.69) is 10.6 Å². The lowest BCUT2D eigenvalue weighted by atomic mass is 10.2. The Morgan fingerprint density at radius 1 is 1.04 bits per heavy atom. The molecule has 0 saturated heterocycles. The highest BCUT2D eigenvalue weighted by molar-refractivity contribution is 5.94. The van der Waals surface area contributed by atoms with Crippen LogP contribution in [-0.4, -0.2) is 28.5 Å². The number of aromatic nitrogens is 1. The Hall–Kier alpha value is -3.35. The van der Waals surface area contributed by atoms with Crippen LogP contribution >= 0.6 is 0 Å². The van der Waals surface area contributed by atoms with Crippen LogP contribution in [0.15, 0.2) is 57.9 Å². The minimum Gasteiger partial charge on any atom is -0.451 e. The molecule has 1 fully saturated rings. The Bertz CT molecular complexity index is 1100. The van der Waals surface area contributed by atoms with Gasteiger partial charge in [0.25, 0.3) is 11.8 Å². The minimum absolute atomic E-state index is 0.00000378. The summed E-state index contributed by atoms with van der Waals surface area (Å²) in [6, 6.07) is 11.6. The zero-order chi connectivity index (χ0) is 19.7. The Morgan fingerprint density at radius 3 is 2.46 bits per heavy atom. The van der Waals surface area contributed by atoms with Crippen molar-refractivity contribution >= 4 is 22.8 Å². The fraction of sp³-hybridized carbons (Fsp3) is 0.286. The standard InChI is InChI=1S/C21H21N3O4/c1-24-10-4-6-16(24)20(26)22-13-8-9-14(11-13)23-21(27)19-12-17(25)15-5-2-3-7-18(15)28-19/h2-7,10,12-14H,8-9,11H2,1H3,(H,22,26)(H,23,27)/t13-,14+/m0/s1. The SMILES string of the molecule is Cn1cccc1C(=O)N[C@H]1CC[C@@H](NC(=O)c2cc(=O)c3ccccc3o2)C1. The zero-order valence-electron chi connectivity index (χ0n) is 15.5. The van der Waals surface area contributed by atoms with Crippen LogP contribution in [0.25, 0.3) is 11.0 Å². The number of nitrogens with one attached hydrogen (secondary N) is 2. The van der Waals surface area contributed by atoms with Gasteiger partial charge in [-0.2, -0.15) is 0 Å². The van der Waals surface area contributed by atoms with Crippen molar-refractivity contribution in [3.05, 3.63) is 70.3 Å². The molecule has 144 valence electrons. The molecule has 1 aliphatic carbocycles. The van der Waals surface area contributed by atoms with Crippen LogP contribution in [0, 0.1) is 0 Å². The molecule has 0 bridgehead atoms. The van der Waals surface area contributed by atoms with Gasteiger partial charge in [-0.25, -0.2) is 0 Å². The van der Waals surface area contributed by atoms with Crippen LogP contribution in [-0.2, 0) is 7.05 Å². The molecule has 0 aliphatic heterocycles. The van der Waals surface area contributed by atoms with Crippen molar-refractivity contribution in [2.45, 2.75) is 31.3 Å². The Balaban J connectivity index is 1.39. The first-order valence-corrected chi connectivity index (χ1v) is 9.27. The van der Waals surface area contributed by atoms with E-state index in [0.29, 0.717) is 23.1 Å². The highest BCUT2D eigenvalue weighted by Gasteiger charge is 2.28. The molecular formula is C21H21N3O4. The molecule has 2 amide bonds. The summed E-state index contributed by atoms with van der Waals surface area (Å²) in [6.07, 6.45) is 3.99. The summed E-state index contributed by atoms with van der Waals surface area (Å²) >= 11 is 0. The molecule has 28 heavy (non-hydrogen) atoms. The van der Waals surface area contributed by atoms with Crippen LogP contribution in [0.1, 0.15) is 40.3 Å². The molecule has 1 aliphatic rings. The van der Waals surface area contributed by atoms with Crippen LogP contribution < -0.4 is 16.1 Å². The van der Waals surface area contributed by atoms with Gasteiger partial charge in [0.1, 0.15) is 11.3 Å². The van der Waals surface area contributed by atoms with Crippen molar-refractivity contribution in [2.75, 3.05) is 0 Å². The maximum atomic E-state index is 12.5. The van der Waals surface area contributed by atoms with E-state index in [-0.39, 0.29) is 29.2 Å². The third kappa shape index (κ3) is 3.55. The number of hydrogen-bond acceptors (Lipinski definition) is 4. The smallest absolute Gasteiger partial charge is 0.287 e. The Kier molecular flexibility index (Phi) is 4.73. The molecule has 2 N–H and O–H groups in total. The molecule has 0 unspecified atom stereocenters. The number of para-hydroxylation sites is 1. The van der Waals surface area contributed by atoms with E-state index in [1.807, 2.05) is 19.3 Å². The molecule has 0 radical (unpaired) electrons. The van der Waals surface area contributed by atoms with Crippen LogP contribution in [0.5, 0.6) is 0 Å². The first-order chi connectivity index (χ1) is 13.5. The van der Waals surface area contributed by atoms with E-state index >= 15 is 0 Å². The van der Waals surface area contributed by atoms with E-state index in [0.717, 1.165) is 12.8 Å². The maximum Gasteiger partial charge on any atom is 0.287 e. The summed E-state index contributed by atoms with van der Waals surface area (Å²) in [4.78, 5) is 37.0. The molecule has 2 heterocycles. The van der Waals surface area contributed by atoms with E-state index in [1.54, 1.807) is 34.9 Å². The van der Waals surface area contributed by atoms with Gasteiger partial charge >= 0.3 is 0 Å². The van der Waals surface area contributed by atoms with Crippen molar-refractivity contribution < 1.29 is 14.0 Å². The van der Waals surface area contributed by atoms with E-state index < -0.39 is 5.91 Å². The third-order valence-corrected chi connectivity index (χ3v) is 5.14. The number of hydrogen-bond donors (Lipinski definition) is 2. The van der Waals surface area contributed by atoms with E-state index in [1.165, 1.54) is 6.07 Å². The largest absolute Gasteiger partial charge is 0.451 e. The first kappa shape index (κ1) is 18.0. The zero-order valence-corrected chi connectivity index (χ0v) is 15.5. The molecule has 3 aromatic rings. The highest BCUT2D eigenvalue weighted by Crippen LogP contribution is 2.20. The van der Waals surface area contributed by atoms with Crippen molar-refractivity contribution in [3.8, 4) is 0 Å². The molecule has 1 aromatic carbocycles. The van der Waals surface area contributed by atoms with Gasteiger partial charge in [0, 0.05) is 31.4 Å². The number of benzene rings is 1. The summed E-state index contributed by atoms with van der Waals surface area (Å²) in [5.74, 6) is -0.535. The molecule has 7 nitrogen and oxygen atoms in total. The maximum absolute atomic E-state index is 12.5. The average molecular weight is 379 g/mol. The van der Waals surface area contributed by atoms with Gasteiger partial charge in [-0.15, -0.1) is 0 Å². The van der Waals surface area contributed by atoms with Gasteiger partial charge in [0.05, 0.1) is 5.39 Å². The predicted molar refractivity (Wildman–Crippen MR) is 104 cm³/mol.